The van der Waals surface area contributed by atoms with Gasteiger partial charge >= 0.3 is 0 Å². The van der Waals surface area contributed by atoms with Crippen LogP contribution in [0, 0.1) is 12.8 Å². The summed E-state index contributed by atoms with van der Waals surface area (Å²) in [7, 11) is 0. The van der Waals surface area contributed by atoms with E-state index in [0.717, 1.165) is 56.1 Å². The van der Waals surface area contributed by atoms with Crippen molar-refractivity contribution in [3.8, 4) is 0 Å². The van der Waals surface area contributed by atoms with Crippen LogP contribution in [0.25, 0.3) is 0 Å². The van der Waals surface area contributed by atoms with Gasteiger partial charge in [0.05, 0.1) is 0 Å². The summed E-state index contributed by atoms with van der Waals surface area (Å²) >= 11 is 0. The second kappa shape index (κ2) is 6.27. The van der Waals surface area contributed by atoms with Gasteiger partial charge in [-0.1, -0.05) is 24.3 Å². The molecule has 0 unspecified atom stereocenters. The molecule has 0 saturated carbocycles. The van der Waals surface area contributed by atoms with Crippen molar-refractivity contribution in [3.63, 3.8) is 0 Å². The number of benzene rings is 1. The number of piperidine rings is 1. The first kappa shape index (κ1) is 15.2. The van der Waals surface area contributed by atoms with Crippen LogP contribution < -0.4 is 9.80 Å². The Hall–Kier alpha value is -2.36. The zero-order valence-electron chi connectivity index (χ0n) is 14.1. The van der Waals surface area contributed by atoms with E-state index in [1.807, 2.05) is 24.0 Å². The Labute approximate surface area is 143 Å². The predicted molar refractivity (Wildman–Crippen MR) is 96.4 cm³/mol. The molecule has 3 heterocycles. The summed E-state index contributed by atoms with van der Waals surface area (Å²) in [4.78, 5) is 21.9. The summed E-state index contributed by atoms with van der Waals surface area (Å²) in [6, 6.07) is 14.4. The van der Waals surface area contributed by atoms with Crippen LogP contribution in [-0.2, 0) is 11.2 Å². The molecule has 0 bridgehead atoms. The molecule has 1 fully saturated rings. The molecule has 1 saturated heterocycles. The van der Waals surface area contributed by atoms with E-state index in [4.69, 9.17) is 0 Å². The molecular formula is C20H23N3O. The van der Waals surface area contributed by atoms with Gasteiger partial charge in [-0.15, -0.1) is 0 Å². The quantitative estimate of drug-likeness (QED) is 0.852. The second-order valence-electron chi connectivity index (χ2n) is 6.77. The first-order valence-corrected chi connectivity index (χ1v) is 8.80. The van der Waals surface area contributed by atoms with E-state index in [2.05, 4.69) is 40.2 Å². The average Bonchev–Trinajstić information content (AvgIpc) is 3.05. The SMILES string of the molecule is Cc1cccc(N2CCC(C(=O)N3CCc4ccccc43)CC2)n1. The highest BCUT2D eigenvalue weighted by Crippen LogP contribution is 2.31. The topological polar surface area (TPSA) is 36.4 Å². The summed E-state index contributed by atoms with van der Waals surface area (Å²) in [6.07, 6.45) is 2.80. The lowest BCUT2D eigenvalue weighted by Gasteiger charge is -2.34. The van der Waals surface area contributed by atoms with Gasteiger partial charge in [0.15, 0.2) is 0 Å². The van der Waals surface area contributed by atoms with Crippen LogP contribution in [0.5, 0.6) is 0 Å². The molecule has 24 heavy (non-hydrogen) atoms. The molecule has 2 aromatic rings. The van der Waals surface area contributed by atoms with Gasteiger partial charge < -0.3 is 9.80 Å². The van der Waals surface area contributed by atoms with Crippen molar-refractivity contribution in [2.75, 3.05) is 29.4 Å². The highest BCUT2D eigenvalue weighted by molar-refractivity contribution is 5.97. The lowest BCUT2D eigenvalue weighted by Crippen LogP contribution is -2.42. The normalized spacial score (nSPS) is 17.9. The summed E-state index contributed by atoms with van der Waals surface area (Å²) < 4.78 is 0. The number of fused-ring (bicyclic) bond motifs is 1. The van der Waals surface area contributed by atoms with Crippen LogP contribution in [0.15, 0.2) is 42.5 Å². The molecule has 1 amide bonds. The van der Waals surface area contributed by atoms with Gasteiger partial charge in [0, 0.05) is 36.9 Å². The van der Waals surface area contributed by atoms with Gasteiger partial charge in [0.2, 0.25) is 5.91 Å². The molecule has 4 heteroatoms. The first-order chi connectivity index (χ1) is 11.7. The van der Waals surface area contributed by atoms with E-state index in [0.29, 0.717) is 5.91 Å². The Balaban J connectivity index is 1.42. The van der Waals surface area contributed by atoms with Crippen LogP contribution in [0.3, 0.4) is 0 Å². The minimum absolute atomic E-state index is 0.136. The summed E-state index contributed by atoms with van der Waals surface area (Å²) in [5, 5.41) is 0. The largest absolute Gasteiger partial charge is 0.357 e. The number of amides is 1. The zero-order chi connectivity index (χ0) is 16.5. The van der Waals surface area contributed by atoms with Crippen molar-refractivity contribution in [2.24, 2.45) is 5.92 Å². The lowest BCUT2D eigenvalue weighted by molar-refractivity contribution is -0.122. The number of para-hydroxylation sites is 1. The number of hydrogen-bond acceptors (Lipinski definition) is 3. The monoisotopic (exact) mass is 321 g/mol. The number of carbonyl (C=O) groups excluding carboxylic acids is 1. The summed E-state index contributed by atoms with van der Waals surface area (Å²) in [6.45, 7) is 4.66. The van der Waals surface area contributed by atoms with E-state index in [9.17, 15) is 4.79 Å². The standard InChI is InChI=1S/C20H23N3O/c1-15-5-4-8-19(21-15)22-12-9-17(10-13-22)20(24)23-14-11-16-6-2-3-7-18(16)23/h2-8,17H,9-14H2,1H3. The summed E-state index contributed by atoms with van der Waals surface area (Å²) in [5.41, 5.74) is 3.46. The number of anilines is 2. The summed E-state index contributed by atoms with van der Waals surface area (Å²) in [5.74, 6) is 1.47. The molecule has 0 spiro atoms. The van der Waals surface area contributed by atoms with E-state index in [1.165, 1.54) is 5.56 Å². The molecule has 4 nitrogen and oxygen atoms in total. The second-order valence-corrected chi connectivity index (χ2v) is 6.77. The fourth-order valence-electron chi connectivity index (χ4n) is 3.85. The van der Waals surface area contributed by atoms with Crippen LogP contribution in [0.4, 0.5) is 11.5 Å². The maximum atomic E-state index is 13.0. The van der Waals surface area contributed by atoms with E-state index >= 15 is 0 Å². The predicted octanol–water partition coefficient (Wildman–Crippen LogP) is 3.20. The highest BCUT2D eigenvalue weighted by Gasteiger charge is 2.32. The molecule has 1 aromatic carbocycles. The minimum atomic E-state index is 0.136. The Morgan fingerprint density at radius 1 is 1.04 bits per heavy atom. The molecule has 4 rings (SSSR count). The molecule has 1 aromatic heterocycles. The lowest BCUT2D eigenvalue weighted by atomic mass is 9.95. The van der Waals surface area contributed by atoms with Crippen molar-refractivity contribution in [1.82, 2.24) is 4.98 Å². The maximum absolute atomic E-state index is 13.0. The van der Waals surface area contributed by atoms with E-state index in [-0.39, 0.29) is 5.92 Å². The van der Waals surface area contributed by atoms with Crippen LogP contribution in [-0.4, -0.2) is 30.5 Å². The van der Waals surface area contributed by atoms with E-state index < -0.39 is 0 Å². The number of pyridine rings is 1. The molecular weight excluding hydrogens is 298 g/mol. The Kier molecular flexibility index (Phi) is 3.97. The Morgan fingerprint density at radius 2 is 1.83 bits per heavy atom. The number of aromatic nitrogens is 1. The molecule has 2 aliphatic heterocycles. The minimum Gasteiger partial charge on any atom is -0.357 e. The number of hydrogen-bond donors (Lipinski definition) is 0. The van der Waals surface area contributed by atoms with Crippen molar-refractivity contribution < 1.29 is 4.79 Å². The molecule has 0 radical (unpaired) electrons. The highest BCUT2D eigenvalue weighted by atomic mass is 16.2. The Bertz CT molecular complexity index is 750. The third-order valence-corrected chi connectivity index (χ3v) is 5.20. The van der Waals surface area contributed by atoms with Gasteiger partial charge in [-0.3, -0.25) is 4.79 Å². The molecule has 0 atom stereocenters. The number of rotatable bonds is 2. The van der Waals surface area contributed by atoms with Gasteiger partial charge in [-0.05, 0) is 49.9 Å². The van der Waals surface area contributed by atoms with Gasteiger partial charge in [0.25, 0.3) is 0 Å². The van der Waals surface area contributed by atoms with Crippen LogP contribution >= 0.6 is 0 Å². The maximum Gasteiger partial charge on any atom is 0.230 e. The zero-order valence-corrected chi connectivity index (χ0v) is 14.1. The number of nitrogens with zero attached hydrogens (tertiary/aromatic N) is 3. The Morgan fingerprint density at radius 3 is 2.62 bits per heavy atom. The van der Waals surface area contributed by atoms with Crippen molar-refractivity contribution in [2.45, 2.75) is 26.2 Å². The molecule has 0 N–H and O–H groups in total. The van der Waals surface area contributed by atoms with Crippen molar-refractivity contribution in [3.05, 3.63) is 53.7 Å². The van der Waals surface area contributed by atoms with Gasteiger partial charge in [0.1, 0.15) is 5.82 Å². The smallest absolute Gasteiger partial charge is 0.230 e. The average molecular weight is 321 g/mol. The van der Waals surface area contributed by atoms with Crippen molar-refractivity contribution >= 4 is 17.4 Å². The fourth-order valence-corrected chi connectivity index (χ4v) is 3.85. The third-order valence-electron chi connectivity index (χ3n) is 5.20. The van der Waals surface area contributed by atoms with Gasteiger partial charge in [-0.2, -0.15) is 0 Å². The van der Waals surface area contributed by atoms with Crippen LogP contribution in [0.2, 0.25) is 0 Å². The van der Waals surface area contributed by atoms with Gasteiger partial charge in [-0.25, -0.2) is 4.98 Å². The molecule has 0 aliphatic carbocycles. The van der Waals surface area contributed by atoms with E-state index in [1.54, 1.807) is 0 Å². The van der Waals surface area contributed by atoms with Crippen LogP contribution in [0.1, 0.15) is 24.1 Å². The fraction of sp³-hybridized carbons (Fsp3) is 0.400. The first-order valence-electron chi connectivity index (χ1n) is 8.80. The number of carbonyl (C=O) groups is 1. The number of aryl methyl sites for hydroxylation is 1. The van der Waals surface area contributed by atoms with Crippen molar-refractivity contribution in [1.29, 1.82) is 0 Å². The molecule has 2 aliphatic rings. The third kappa shape index (κ3) is 2.77. The molecule has 124 valence electrons.